The van der Waals surface area contributed by atoms with Gasteiger partial charge in [0.1, 0.15) is 12.4 Å². The van der Waals surface area contributed by atoms with E-state index in [-0.39, 0.29) is 37.6 Å². The summed E-state index contributed by atoms with van der Waals surface area (Å²) in [6.07, 6.45) is 0.426. The number of carbonyl (C=O) groups excluding carboxylic acids is 2. The largest absolute Gasteiger partial charge is 0.497 e. The molecule has 222 valence electrons. The number of nitrogens with one attached hydrogen (secondary N) is 2. The van der Waals surface area contributed by atoms with Crippen molar-refractivity contribution in [3.05, 3.63) is 60.2 Å². The summed E-state index contributed by atoms with van der Waals surface area (Å²) in [4.78, 5) is 22.8. The summed E-state index contributed by atoms with van der Waals surface area (Å²) >= 11 is 10.9. The zero-order valence-electron chi connectivity index (χ0n) is 22.6. The molecule has 0 radical (unpaired) electrons. The number of aliphatic hydroxyl groups is 1. The topological polar surface area (TPSA) is 134 Å². The predicted molar refractivity (Wildman–Crippen MR) is 154 cm³/mol. The molecule has 0 bridgehead atoms. The minimum Gasteiger partial charge on any atom is -0.497 e. The highest BCUT2D eigenvalue weighted by Gasteiger charge is 2.31. The van der Waals surface area contributed by atoms with Gasteiger partial charge < -0.3 is 25.2 Å². The molecule has 40 heavy (non-hydrogen) atoms. The summed E-state index contributed by atoms with van der Waals surface area (Å²) in [7, 11) is -2.46. The lowest BCUT2D eigenvalue weighted by Crippen LogP contribution is -2.51. The van der Waals surface area contributed by atoms with Gasteiger partial charge in [0.05, 0.1) is 30.7 Å². The summed E-state index contributed by atoms with van der Waals surface area (Å²) in [5.41, 5.74) is 0.824. The third kappa shape index (κ3) is 11.1. The Morgan fingerprint density at radius 1 is 1.05 bits per heavy atom. The molecule has 0 spiro atoms. The van der Waals surface area contributed by atoms with E-state index in [9.17, 15) is 23.1 Å². The van der Waals surface area contributed by atoms with E-state index in [0.29, 0.717) is 12.2 Å². The first-order chi connectivity index (χ1) is 19.1. The van der Waals surface area contributed by atoms with Crippen LogP contribution in [0.3, 0.4) is 0 Å². The molecule has 2 aromatic carbocycles. The normalized spacial score (nSPS) is 13.1. The quantitative estimate of drug-likeness (QED) is 0.183. The summed E-state index contributed by atoms with van der Waals surface area (Å²) in [6, 6.07) is 14.3. The van der Waals surface area contributed by atoms with E-state index in [1.807, 2.05) is 37.3 Å². The number of halogens is 2. The number of rotatable bonds is 17. The summed E-state index contributed by atoms with van der Waals surface area (Å²) in [5, 5.41) is 16.3. The van der Waals surface area contributed by atoms with Gasteiger partial charge in [0.25, 0.3) is 5.91 Å². The first kappa shape index (κ1) is 33.6. The van der Waals surface area contributed by atoms with E-state index in [4.69, 9.17) is 32.7 Å². The molecule has 0 aliphatic rings. The van der Waals surface area contributed by atoms with Crippen molar-refractivity contribution < 1.29 is 32.6 Å². The Morgan fingerprint density at radius 3 is 2.33 bits per heavy atom. The molecule has 3 N–H and O–H groups in total. The van der Waals surface area contributed by atoms with Crippen LogP contribution in [-0.2, 0) is 26.0 Å². The van der Waals surface area contributed by atoms with Gasteiger partial charge in [-0.3, -0.25) is 4.79 Å². The molecule has 0 aliphatic heterocycles. The number of hydrogen-bond donors (Lipinski definition) is 3. The molecule has 13 heteroatoms. The van der Waals surface area contributed by atoms with E-state index < -0.39 is 39.0 Å². The van der Waals surface area contributed by atoms with Crippen molar-refractivity contribution in [2.45, 2.75) is 54.5 Å². The molecule has 0 saturated carbocycles. The Morgan fingerprint density at radius 2 is 1.73 bits per heavy atom. The van der Waals surface area contributed by atoms with Gasteiger partial charge in [-0.15, -0.1) is 0 Å². The minimum absolute atomic E-state index is 0.0145. The molecule has 2 atom stereocenters. The molecule has 0 aromatic heterocycles. The van der Waals surface area contributed by atoms with Gasteiger partial charge in [-0.2, -0.15) is 4.31 Å². The monoisotopic (exact) mass is 617 g/mol. The van der Waals surface area contributed by atoms with Gasteiger partial charge in [0, 0.05) is 13.1 Å². The van der Waals surface area contributed by atoms with Crippen molar-refractivity contribution in [2.24, 2.45) is 0 Å². The van der Waals surface area contributed by atoms with Crippen molar-refractivity contribution in [3.63, 3.8) is 0 Å². The van der Waals surface area contributed by atoms with Gasteiger partial charge in [0.2, 0.25) is 10.0 Å². The highest BCUT2D eigenvalue weighted by atomic mass is 35.5. The average Bonchev–Trinajstić information content (AvgIpc) is 2.94. The molecule has 2 rings (SSSR count). The number of amides is 2. The van der Waals surface area contributed by atoms with Crippen molar-refractivity contribution in [1.82, 2.24) is 14.9 Å². The van der Waals surface area contributed by atoms with E-state index in [1.165, 1.54) is 23.5 Å². The van der Waals surface area contributed by atoms with Crippen molar-refractivity contribution >= 4 is 45.2 Å². The predicted octanol–water partition coefficient (Wildman–Crippen LogP) is 3.49. The number of carbonyl (C=O) groups is 2. The van der Waals surface area contributed by atoms with Gasteiger partial charge >= 0.3 is 6.09 Å². The van der Waals surface area contributed by atoms with E-state index in [0.717, 1.165) is 18.4 Å². The number of unbranched alkanes of at least 4 members (excludes halogenated alkanes) is 2. The molecule has 0 saturated heterocycles. The van der Waals surface area contributed by atoms with E-state index in [1.54, 1.807) is 12.1 Å². The van der Waals surface area contributed by atoms with Crippen molar-refractivity contribution in [3.8, 4) is 5.75 Å². The maximum Gasteiger partial charge on any atom is 0.407 e. The van der Waals surface area contributed by atoms with Crippen molar-refractivity contribution in [1.29, 1.82) is 0 Å². The van der Waals surface area contributed by atoms with Gasteiger partial charge in [-0.1, -0.05) is 73.3 Å². The zero-order valence-corrected chi connectivity index (χ0v) is 24.9. The fourth-order valence-corrected chi connectivity index (χ4v) is 5.47. The maximum absolute atomic E-state index is 13.6. The van der Waals surface area contributed by atoms with Crippen LogP contribution in [-0.4, -0.2) is 80.2 Å². The summed E-state index contributed by atoms with van der Waals surface area (Å²) in [5.74, 6) is -0.0993. The number of ether oxygens (including phenoxy) is 2. The molecular formula is C27H37Cl2N3O7S. The van der Waals surface area contributed by atoms with Gasteiger partial charge in [-0.05, 0) is 42.7 Å². The van der Waals surface area contributed by atoms with Crippen LogP contribution >= 0.6 is 23.2 Å². The number of sulfonamides is 1. The SMILES string of the molecule is CCCCCN(C[C@@H](O)[C@H](Cc1ccccc1)NC(=O)OCCNC(=O)C(Cl)Cl)S(=O)(=O)c1ccc(OC)cc1. The Kier molecular flexibility index (Phi) is 14.5. The number of hydrogen-bond acceptors (Lipinski definition) is 7. The molecule has 2 amide bonds. The van der Waals surface area contributed by atoms with Crippen molar-refractivity contribution in [2.75, 3.05) is 33.4 Å². The second kappa shape index (κ2) is 17.3. The molecule has 0 aliphatic carbocycles. The highest BCUT2D eigenvalue weighted by Crippen LogP contribution is 2.21. The second-order valence-electron chi connectivity index (χ2n) is 8.98. The Labute approximate surface area is 246 Å². The molecule has 0 unspecified atom stereocenters. The first-order valence-electron chi connectivity index (χ1n) is 12.9. The van der Waals surface area contributed by atoms with Crippen LogP contribution in [0, 0.1) is 0 Å². The number of benzene rings is 2. The van der Waals surface area contributed by atoms with E-state index >= 15 is 0 Å². The van der Waals surface area contributed by atoms with Crippen LogP contribution in [0.4, 0.5) is 4.79 Å². The lowest BCUT2D eigenvalue weighted by Gasteiger charge is -2.29. The number of methoxy groups -OCH3 is 1. The molecule has 10 nitrogen and oxygen atoms in total. The van der Waals surface area contributed by atoms with Gasteiger partial charge in [0.15, 0.2) is 4.84 Å². The van der Waals surface area contributed by atoms with E-state index in [2.05, 4.69) is 10.6 Å². The lowest BCUT2D eigenvalue weighted by atomic mass is 10.0. The van der Waals surface area contributed by atoms with Crippen LogP contribution < -0.4 is 15.4 Å². The highest BCUT2D eigenvalue weighted by molar-refractivity contribution is 7.89. The standard InChI is InChI=1S/C27H37Cl2N3O7S/c1-3-4-8-16-32(40(36,37)22-13-11-21(38-2)12-14-22)19-24(33)23(18-20-9-6-5-7-10-20)31-27(35)39-17-15-30-26(34)25(28)29/h5-7,9-14,23-25,33H,3-4,8,15-19H2,1-2H3,(H,30,34)(H,31,35)/t23-,24+/m0/s1. The van der Waals surface area contributed by atoms with Crippen LogP contribution in [0.25, 0.3) is 0 Å². The number of aliphatic hydroxyl groups excluding tert-OH is 1. The van der Waals surface area contributed by atoms with Gasteiger partial charge in [-0.25, -0.2) is 13.2 Å². The fourth-order valence-electron chi connectivity index (χ4n) is 3.82. The number of alkyl carbamates (subject to hydrolysis) is 1. The molecule has 0 heterocycles. The number of alkyl halides is 2. The van der Waals surface area contributed by atoms with Crippen LogP contribution in [0.2, 0.25) is 0 Å². The Bertz CT molecular complexity index is 1150. The zero-order chi connectivity index (χ0) is 29.5. The van der Waals surface area contributed by atoms with Crippen LogP contribution in [0.1, 0.15) is 31.7 Å². The fraction of sp³-hybridized carbons (Fsp3) is 0.481. The third-order valence-corrected chi connectivity index (χ3v) is 8.27. The second-order valence-corrected chi connectivity index (χ2v) is 12.0. The third-order valence-electron chi connectivity index (χ3n) is 6.00. The first-order valence-corrected chi connectivity index (χ1v) is 15.2. The van der Waals surface area contributed by atoms with Crippen LogP contribution in [0.15, 0.2) is 59.5 Å². The molecule has 2 aromatic rings. The minimum atomic E-state index is -3.96. The number of nitrogens with zero attached hydrogens (tertiary/aromatic N) is 1. The van der Waals surface area contributed by atoms with Crippen LogP contribution in [0.5, 0.6) is 5.75 Å². The lowest BCUT2D eigenvalue weighted by molar-refractivity contribution is -0.119. The summed E-state index contributed by atoms with van der Waals surface area (Å²) in [6.45, 7) is 1.78. The smallest absolute Gasteiger partial charge is 0.407 e. The summed E-state index contributed by atoms with van der Waals surface area (Å²) < 4.78 is 38.6. The average molecular weight is 619 g/mol. The molecular weight excluding hydrogens is 581 g/mol. The Hall–Kier alpha value is -2.57. The Balaban J connectivity index is 2.19. The maximum atomic E-state index is 13.6. The molecule has 0 fully saturated rings.